The number of hydrogen-bond acceptors (Lipinski definition) is 7. The molecule has 0 radical (unpaired) electrons. The molecule has 10 heteroatoms. The van der Waals surface area contributed by atoms with Crippen LogP contribution in [0, 0.1) is 0 Å². The van der Waals surface area contributed by atoms with E-state index in [0.29, 0.717) is 13.1 Å². The molecule has 2 aliphatic rings. The van der Waals surface area contributed by atoms with Gasteiger partial charge in [0.25, 0.3) is 23.6 Å². The van der Waals surface area contributed by atoms with Crippen LogP contribution in [0.5, 0.6) is 0 Å². The van der Waals surface area contributed by atoms with Crippen LogP contribution in [0.25, 0.3) is 0 Å². The van der Waals surface area contributed by atoms with Crippen molar-refractivity contribution in [2.24, 2.45) is 0 Å². The van der Waals surface area contributed by atoms with E-state index >= 15 is 0 Å². The number of imide groups is 1. The average molecular weight is 439 g/mol. The molecule has 2 aliphatic heterocycles. The molecule has 4 amide bonds. The number of carbonyl (C=O) groups is 5. The number of nitrogens with zero attached hydrogens (tertiary/aromatic N) is 3. The van der Waals surface area contributed by atoms with Gasteiger partial charge in [-0.05, 0) is 31.2 Å². The first-order valence-electron chi connectivity index (χ1n) is 10.1. The Morgan fingerprint density at radius 1 is 0.938 bits per heavy atom. The van der Waals surface area contributed by atoms with Crippen LogP contribution in [0.4, 0.5) is 0 Å². The molecule has 0 unspecified atom stereocenters. The summed E-state index contributed by atoms with van der Waals surface area (Å²) in [6.07, 6.45) is 1.42. The van der Waals surface area contributed by atoms with Gasteiger partial charge in [-0.25, -0.2) is 4.79 Å². The largest absolute Gasteiger partial charge is 0.459 e. The van der Waals surface area contributed by atoms with Gasteiger partial charge in [-0.15, -0.1) is 0 Å². The fraction of sp³-hybridized carbons (Fsp3) is 0.318. The van der Waals surface area contributed by atoms with E-state index in [-0.39, 0.29) is 35.9 Å². The van der Waals surface area contributed by atoms with E-state index < -0.39 is 36.3 Å². The van der Waals surface area contributed by atoms with Gasteiger partial charge in [0.05, 0.1) is 17.4 Å². The number of rotatable bonds is 5. The number of fused-ring (bicyclic) bond motifs is 1. The monoisotopic (exact) mass is 439 g/mol. The number of amides is 4. The van der Waals surface area contributed by atoms with Crippen LogP contribution >= 0.6 is 0 Å². The van der Waals surface area contributed by atoms with E-state index in [2.05, 4.69) is 0 Å². The van der Waals surface area contributed by atoms with Crippen molar-refractivity contribution in [1.29, 1.82) is 0 Å². The Labute approximate surface area is 183 Å². The molecular formula is C22H21N3O7. The summed E-state index contributed by atoms with van der Waals surface area (Å²) in [5.74, 6) is -2.42. The Bertz CT molecular complexity index is 1040. The van der Waals surface area contributed by atoms with Crippen molar-refractivity contribution >= 4 is 29.6 Å². The van der Waals surface area contributed by atoms with Gasteiger partial charge in [0.1, 0.15) is 6.04 Å². The number of hydrogen-bond donors (Lipinski definition) is 0. The smallest absolute Gasteiger partial charge is 0.329 e. The number of benzene rings is 1. The lowest BCUT2D eigenvalue weighted by Gasteiger charge is -2.34. The lowest BCUT2D eigenvalue weighted by molar-refractivity contribution is -0.155. The molecule has 4 rings (SSSR count). The molecule has 0 spiro atoms. The van der Waals surface area contributed by atoms with E-state index in [9.17, 15) is 24.0 Å². The standard InChI is InChI=1S/C22H21N3O7/c1-14(25-19(27)15-5-2-3-6-16(15)20(25)28)22(30)32-13-18(26)23-8-10-24(11-9-23)21(29)17-7-4-12-31-17/h2-7,12,14H,8-11,13H2,1H3/t14-/m1/s1. The summed E-state index contributed by atoms with van der Waals surface area (Å²) < 4.78 is 10.2. The Kier molecular flexibility index (Phi) is 5.76. The van der Waals surface area contributed by atoms with Crippen molar-refractivity contribution in [1.82, 2.24) is 14.7 Å². The fourth-order valence-electron chi connectivity index (χ4n) is 3.72. The van der Waals surface area contributed by atoms with Crippen molar-refractivity contribution in [2.75, 3.05) is 32.8 Å². The van der Waals surface area contributed by atoms with E-state index in [1.54, 1.807) is 29.2 Å². The number of piperazine rings is 1. The molecule has 166 valence electrons. The second-order valence-electron chi connectivity index (χ2n) is 7.46. The molecule has 0 bridgehead atoms. The van der Waals surface area contributed by atoms with Crippen LogP contribution < -0.4 is 0 Å². The summed E-state index contributed by atoms with van der Waals surface area (Å²) in [6, 6.07) is 8.35. The highest BCUT2D eigenvalue weighted by atomic mass is 16.5. The predicted molar refractivity (Wildman–Crippen MR) is 109 cm³/mol. The van der Waals surface area contributed by atoms with Crippen molar-refractivity contribution in [3.05, 3.63) is 59.5 Å². The first-order chi connectivity index (χ1) is 15.4. The maximum absolute atomic E-state index is 12.5. The minimum atomic E-state index is -1.17. The van der Waals surface area contributed by atoms with E-state index in [4.69, 9.17) is 9.15 Å². The third-order valence-corrected chi connectivity index (χ3v) is 5.54. The van der Waals surface area contributed by atoms with Crippen LogP contribution in [0.2, 0.25) is 0 Å². The fourth-order valence-corrected chi connectivity index (χ4v) is 3.72. The second-order valence-corrected chi connectivity index (χ2v) is 7.46. The van der Waals surface area contributed by atoms with Gasteiger partial charge < -0.3 is 19.0 Å². The van der Waals surface area contributed by atoms with Crippen molar-refractivity contribution in [3.63, 3.8) is 0 Å². The van der Waals surface area contributed by atoms with Crippen LogP contribution in [-0.2, 0) is 14.3 Å². The molecule has 10 nitrogen and oxygen atoms in total. The number of esters is 1. The zero-order valence-corrected chi connectivity index (χ0v) is 17.4. The van der Waals surface area contributed by atoms with Crippen molar-refractivity contribution < 1.29 is 33.1 Å². The Morgan fingerprint density at radius 3 is 2.09 bits per heavy atom. The van der Waals surface area contributed by atoms with Crippen LogP contribution in [0.1, 0.15) is 38.2 Å². The number of ether oxygens (including phenoxy) is 1. The number of carbonyl (C=O) groups excluding carboxylic acids is 5. The van der Waals surface area contributed by atoms with Crippen molar-refractivity contribution in [3.8, 4) is 0 Å². The summed E-state index contributed by atoms with van der Waals surface area (Å²) >= 11 is 0. The molecule has 1 saturated heterocycles. The van der Waals surface area contributed by atoms with E-state index in [1.165, 1.54) is 30.2 Å². The Balaban J connectivity index is 1.27. The first kappa shape index (κ1) is 21.3. The van der Waals surface area contributed by atoms with Gasteiger partial charge in [0.2, 0.25) is 0 Å². The quantitative estimate of drug-likeness (QED) is 0.499. The summed E-state index contributed by atoms with van der Waals surface area (Å²) in [7, 11) is 0. The summed E-state index contributed by atoms with van der Waals surface area (Å²) in [5.41, 5.74) is 0.463. The van der Waals surface area contributed by atoms with Gasteiger partial charge in [0, 0.05) is 26.2 Å². The maximum Gasteiger partial charge on any atom is 0.329 e. The van der Waals surface area contributed by atoms with Crippen LogP contribution in [0.3, 0.4) is 0 Å². The summed E-state index contributed by atoms with van der Waals surface area (Å²) in [4.78, 5) is 66.1. The van der Waals surface area contributed by atoms with E-state index in [0.717, 1.165) is 4.90 Å². The molecular weight excluding hydrogens is 418 g/mol. The molecule has 1 atom stereocenters. The van der Waals surface area contributed by atoms with Crippen molar-refractivity contribution in [2.45, 2.75) is 13.0 Å². The molecule has 1 aromatic carbocycles. The lowest BCUT2D eigenvalue weighted by Crippen LogP contribution is -2.51. The van der Waals surface area contributed by atoms with Gasteiger partial charge in [0.15, 0.2) is 12.4 Å². The van der Waals surface area contributed by atoms with Gasteiger partial charge in [-0.3, -0.25) is 24.1 Å². The highest BCUT2D eigenvalue weighted by Crippen LogP contribution is 2.24. The summed E-state index contributed by atoms with van der Waals surface area (Å²) in [5, 5.41) is 0. The number of furan rings is 1. The average Bonchev–Trinajstić information content (AvgIpc) is 3.44. The second kappa shape index (κ2) is 8.66. The minimum Gasteiger partial charge on any atom is -0.459 e. The lowest BCUT2D eigenvalue weighted by atomic mass is 10.1. The third-order valence-electron chi connectivity index (χ3n) is 5.54. The third kappa shape index (κ3) is 3.86. The highest BCUT2D eigenvalue weighted by molar-refractivity contribution is 6.22. The molecule has 0 aliphatic carbocycles. The first-order valence-corrected chi connectivity index (χ1v) is 10.1. The molecule has 1 fully saturated rings. The molecule has 32 heavy (non-hydrogen) atoms. The molecule has 0 N–H and O–H groups in total. The predicted octanol–water partition coefficient (Wildman–Crippen LogP) is 0.792. The normalized spacial score (nSPS) is 16.7. The van der Waals surface area contributed by atoms with Gasteiger partial charge in [-0.1, -0.05) is 12.1 Å². The Hall–Kier alpha value is -3.95. The highest BCUT2D eigenvalue weighted by Gasteiger charge is 2.41. The zero-order chi connectivity index (χ0) is 22.8. The summed E-state index contributed by atoms with van der Waals surface area (Å²) in [6.45, 7) is 2.09. The maximum atomic E-state index is 12.5. The Morgan fingerprint density at radius 2 is 1.53 bits per heavy atom. The van der Waals surface area contributed by atoms with E-state index in [1.807, 2.05) is 0 Å². The molecule has 3 heterocycles. The van der Waals surface area contributed by atoms with Crippen LogP contribution in [-0.4, -0.2) is 83.1 Å². The van der Waals surface area contributed by atoms with Gasteiger partial charge in [-0.2, -0.15) is 0 Å². The van der Waals surface area contributed by atoms with Crippen LogP contribution in [0.15, 0.2) is 47.1 Å². The molecule has 1 aromatic heterocycles. The van der Waals surface area contributed by atoms with Gasteiger partial charge >= 0.3 is 5.97 Å². The zero-order valence-electron chi connectivity index (χ0n) is 17.4. The molecule has 2 aromatic rings. The minimum absolute atomic E-state index is 0.232. The molecule has 0 saturated carbocycles. The topological polar surface area (TPSA) is 117 Å². The SMILES string of the molecule is C[C@H](C(=O)OCC(=O)N1CCN(C(=O)c2ccco2)CC1)N1C(=O)c2ccccc2C1=O.